The SMILES string of the molecule is c1ccc(-c2ccc3sc4ccc(N(c5ccccc5)c5ccc6c(c5)sc5cc(N(c7ccccc7)c7ccccc7)ccc56)cc4c3c2)cc1.c1ccc(N(c2ccc3ccccc3c2)c2ccc3c(c2)sc2cc(N(c4ccccc4)c4cccc5c4sc4ccccc45)ccc23)cc1.c1ccc(N(c2ccccc2)c2ccc3c(c2)sc2cc(N(c4ccccc4)c4ccc5oc6ccccc6c5c4)ccc23)cc1. The number of anilines is 18. The summed E-state index contributed by atoms with van der Waals surface area (Å²) < 4.78 is 19.0. The van der Waals surface area contributed by atoms with E-state index in [0.29, 0.717) is 0 Å². The van der Waals surface area contributed by atoms with Crippen LogP contribution >= 0.6 is 56.7 Å². The Morgan fingerprint density at radius 2 is 0.405 bits per heavy atom. The zero-order valence-corrected chi connectivity index (χ0v) is 84.2. The van der Waals surface area contributed by atoms with Gasteiger partial charge in [0.05, 0.1) is 10.4 Å². The van der Waals surface area contributed by atoms with Crippen molar-refractivity contribution in [2.24, 2.45) is 0 Å². The lowest BCUT2D eigenvalue weighted by atomic mass is 10.0. The van der Waals surface area contributed by atoms with Gasteiger partial charge in [-0.05, 0) is 271 Å². The maximum Gasteiger partial charge on any atom is 0.135 e. The molecule has 0 fully saturated rings. The number of rotatable bonds is 19. The van der Waals surface area contributed by atoms with E-state index in [9.17, 15) is 0 Å². The summed E-state index contributed by atoms with van der Waals surface area (Å²) in [5.74, 6) is 0. The molecule has 0 saturated carbocycles. The van der Waals surface area contributed by atoms with E-state index in [4.69, 9.17) is 4.42 Å². The Bertz CT molecular complexity index is 9900. The molecule has 0 aliphatic heterocycles. The summed E-state index contributed by atoms with van der Waals surface area (Å²) in [6, 6.07) is 196. The maximum absolute atomic E-state index is 6.15. The predicted octanol–water partition coefficient (Wildman–Crippen LogP) is 42.4. The summed E-state index contributed by atoms with van der Waals surface area (Å²) in [4.78, 5) is 14.2. The largest absolute Gasteiger partial charge is 0.456 e. The molecule has 0 spiro atoms. The number of nitrogens with zero attached hydrogens (tertiary/aromatic N) is 6. The van der Waals surface area contributed by atoms with Crippen molar-refractivity contribution in [2.45, 2.75) is 0 Å². The molecule has 148 heavy (non-hydrogen) atoms. The lowest BCUT2D eigenvalue weighted by Crippen LogP contribution is -2.09. The van der Waals surface area contributed by atoms with Gasteiger partial charge >= 0.3 is 0 Å². The lowest BCUT2D eigenvalue weighted by molar-refractivity contribution is 0.669. The summed E-state index contributed by atoms with van der Waals surface area (Å²) in [5.41, 5.74) is 24.8. The van der Waals surface area contributed by atoms with Crippen LogP contribution in [-0.4, -0.2) is 0 Å². The smallest absolute Gasteiger partial charge is 0.135 e. The first-order valence-electron chi connectivity index (χ1n) is 49.8. The van der Waals surface area contributed by atoms with Gasteiger partial charge in [-0.15, -0.1) is 56.7 Å². The molecule has 0 amide bonds. The van der Waals surface area contributed by atoms with Gasteiger partial charge in [-0.25, -0.2) is 0 Å². The molecule has 12 heteroatoms. The lowest BCUT2D eigenvalue weighted by Gasteiger charge is -2.26. The molecule has 23 aromatic carbocycles. The van der Waals surface area contributed by atoms with E-state index in [0.717, 1.165) is 119 Å². The number of fused-ring (bicyclic) bond motifs is 19. The van der Waals surface area contributed by atoms with E-state index in [1.165, 1.54) is 128 Å². The maximum atomic E-state index is 6.15. The third-order valence-electron chi connectivity index (χ3n) is 28.0. The van der Waals surface area contributed by atoms with Crippen LogP contribution in [0.25, 0.3) is 145 Å². The topological polar surface area (TPSA) is 32.6 Å². The molecule has 0 unspecified atom stereocenters. The van der Waals surface area contributed by atoms with Crippen LogP contribution in [0, 0.1) is 0 Å². The first-order chi connectivity index (χ1) is 73.3. The minimum atomic E-state index is 0.897. The molecule has 6 heterocycles. The van der Waals surface area contributed by atoms with Crippen molar-refractivity contribution in [3.8, 4) is 11.1 Å². The molecule has 0 radical (unpaired) electrons. The molecule has 29 aromatic rings. The number of hydrogen-bond donors (Lipinski definition) is 0. The second-order valence-electron chi connectivity index (χ2n) is 37.0. The normalized spacial score (nSPS) is 11.5. The van der Waals surface area contributed by atoms with E-state index in [1.807, 2.05) is 68.8 Å². The fraction of sp³-hybridized carbons (Fsp3) is 0. The van der Waals surface area contributed by atoms with Gasteiger partial charge in [-0.2, -0.15) is 0 Å². The van der Waals surface area contributed by atoms with Crippen LogP contribution in [0.1, 0.15) is 0 Å². The number of benzene rings is 23. The average molecular weight is 1980 g/mol. The molecule has 0 N–H and O–H groups in total. The van der Waals surface area contributed by atoms with Crippen molar-refractivity contribution in [1.82, 2.24) is 0 Å². The van der Waals surface area contributed by atoms with Crippen molar-refractivity contribution >= 4 is 293 Å². The summed E-state index contributed by atoms with van der Waals surface area (Å²) in [5, 5.41) is 17.6. The molecule has 0 saturated heterocycles. The molecule has 7 nitrogen and oxygen atoms in total. The predicted molar refractivity (Wildman–Crippen MR) is 642 cm³/mol. The number of hydrogen-bond acceptors (Lipinski definition) is 12. The molecule has 0 aliphatic rings. The minimum absolute atomic E-state index is 0.897. The van der Waals surface area contributed by atoms with Gasteiger partial charge in [-0.3, -0.25) is 0 Å². The van der Waals surface area contributed by atoms with E-state index >= 15 is 0 Å². The third kappa shape index (κ3) is 16.8. The highest BCUT2D eigenvalue weighted by atomic mass is 32.1. The van der Waals surface area contributed by atoms with Crippen LogP contribution in [0.5, 0.6) is 0 Å². The first-order valence-corrected chi connectivity index (χ1v) is 53.9. The molecular formula is C136H90N6OS5. The van der Waals surface area contributed by atoms with Gasteiger partial charge in [-0.1, -0.05) is 297 Å². The number of furan rings is 1. The van der Waals surface area contributed by atoms with E-state index < -0.39 is 0 Å². The van der Waals surface area contributed by atoms with Crippen LogP contribution in [-0.2, 0) is 0 Å². The molecule has 0 bridgehead atoms. The summed E-state index contributed by atoms with van der Waals surface area (Å²) >= 11 is 9.30. The van der Waals surface area contributed by atoms with Crippen LogP contribution in [0.2, 0.25) is 0 Å². The zero-order chi connectivity index (χ0) is 97.9. The minimum Gasteiger partial charge on any atom is -0.456 e. The number of thiophene rings is 5. The Kier molecular flexibility index (Phi) is 23.2. The Balaban J connectivity index is 0.000000110. The van der Waals surface area contributed by atoms with E-state index in [-0.39, 0.29) is 0 Å². The van der Waals surface area contributed by atoms with Crippen molar-refractivity contribution < 1.29 is 4.42 Å². The zero-order valence-electron chi connectivity index (χ0n) is 80.1. The van der Waals surface area contributed by atoms with Crippen molar-refractivity contribution in [3.63, 3.8) is 0 Å². The Hall–Kier alpha value is -18.0. The summed E-state index contributed by atoms with van der Waals surface area (Å²) in [6.45, 7) is 0. The molecule has 29 rings (SSSR count). The molecule has 700 valence electrons. The van der Waals surface area contributed by atoms with Crippen LogP contribution in [0.4, 0.5) is 102 Å². The van der Waals surface area contributed by atoms with Crippen molar-refractivity contribution in [2.75, 3.05) is 29.4 Å². The quantitative estimate of drug-likeness (QED) is 0.0798. The van der Waals surface area contributed by atoms with E-state index in [2.05, 4.69) is 563 Å². The monoisotopic (exact) mass is 1980 g/mol. The second kappa shape index (κ2) is 38.6. The van der Waals surface area contributed by atoms with Gasteiger partial charge in [0.15, 0.2) is 0 Å². The Morgan fingerprint density at radius 3 is 0.838 bits per heavy atom. The van der Waals surface area contributed by atoms with Crippen LogP contribution in [0.3, 0.4) is 0 Å². The van der Waals surface area contributed by atoms with Crippen LogP contribution < -0.4 is 29.4 Å². The fourth-order valence-electron chi connectivity index (χ4n) is 21.2. The highest BCUT2D eigenvalue weighted by molar-refractivity contribution is 7.27. The van der Waals surface area contributed by atoms with Gasteiger partial charge in [0.1, 0.15) is 11.2 Å². The fourth-order valence-corrected chi connectivity index (χ4v) is 27.0. The van der Waals surface area contributed by atoms with E-state index in [1.54, 1.807) is 0 Å². The van der Waals surface area contributed by atoms with Crippen LogP contribution in [0.15, 0.2) is 550 Å². The average Bonchev–Trinajstić information content (AvgIpc) is 1.61. The van der Waals surface area contributed by atoms with Gasteiger partial charge in [0, 0.05) is 204 Å². The van der Waals surface area contributed by atoms with Gasteiger partial charge in [0.2, 0.25) is 0 Å². The molecule has 6 aromatic heterocycles. The standard InChI is InChI=1S/C48H32N2S2.C46H30N2S2.C42H28N2OS/c1-5-13-33(14-6-1)34-21-27-45-43(29-34)44-30-38(24-28-46(44)51-45)50(37-19-11-4-12-20-37)40-23-26-42-41-25-22-39(31-47(41)52-48(42)32-40)49(35-15-7-2-8-16-35)36-17-9-3-10-18-36;1-3-14-33(15-4-1)47(35-23-22-31-12-7-8-13-32(31)28-35)36-24-26-39-40-27-25-37(30-45(40)49-44(39)29-36)48(34-16-5-2-6-17-34)42-20-11-19-41-38-18-9-10-21-43(38)50-46(41)42;1-4-12-29(13-5-1)43(30-14-6-2-7-15-30)33-20-23-36-37-24-21-34(28-42(37)46-41(36)27-33)44(31-16-8-3-9-17-31)32-22-25-40-38(26-32)35-18-10-11-19-39(35)45-40/h1-32H;1-30H;1-28H. The van der Waals surface area contributed by atoms with Gasteiger partial charge < -0.3 is 33.8 Å². The summed E-state index contributed by atoms with van der Waals surface area (Å²) in [6.07, 6.45) is 0. The highest BCUT2D eigenvalue weighted by Gasteiger charge is 2.26. The second-order valence-corrected chi connectivity index (χ2v) is 42.4. The molecule has 0 aliphatic carbocycles. The third-order valence-corrected chi connectivity index (χ3v) is 33.7. The highest BCUT2D eigenvalue weighted by Crippen LogP contribution is 2.53. The number of para-hydroxylation sites is 9. The molecule has 0 atom stereocenters. The Morgan fingerprint density at radius 1 is 0.128 bits per heavy atom. The first kappa shape index (κ1) is 88.9. The van der Waals surface area contributed by atoms with Gasteiger partial charge in [0.25, 0.3) is 0 Å². The molecular weight excluding hydrogens is 1890 g/mol. The van der Waals surface area contributed by atoms with Crippen molar-refractivity contribution in [1.29, 1.82) is 0 Å². The Labute approximate surface area is 876 Å². The van der Waals surface area contributed by atoms with Crippen molar-refractivity contribution in [3.05, 3.63) is 546 Å². The summed E-state index contributed by atoms with van der Waals surface area (Å²) in [7, 11) is 0.